The Labute approximate surface area is 121 Å². The van der Waals surface area contributed by atoms with Gasteiger partial charge in [-0.05, 0) is 43.4 Å². The van der Waals surface area contributed by atoms with Gasteiger partial charge in [0.05, 0.1) is 4.92 Å². The van der Waals surface area contributed by atoms with Crippen LogP contribution in [0.5, 0.6) is 0 Å². The number of nitro benzene ring substituents is 1. The lowest BCUT2D eigenvalue weighted by Gasteiger charge is -2.18. The Kier molecular flexibility index (Phi) is 5.10. The van der Waals surface area contributed by atoms with Crippen LogP contribution >= 0.6 is 15.9 Å². The van der Waals surface area contributed by atoms with Gasteiger partial charge in [0.2, 0.25) is 0 Å². The Morgan fingerprint density at radius 1 is 1.42 bits per heavy atom. The Balaban J connectivity index is 1.85. The van der Waals surface area contributed by atoms with Gasteiger partial charge in [0.25, 0.3) is 5.69 Å². The molecule has 19 heavy (non-hydrogen) atoms. The van der Waals surface area contributed by atoms with Crippen LogP contribution in [0.25, 0.3) is 0 Å². The summed E-state index contributed by atoms with van der Waals surface area (Å²) in [6, 6.07) is 4.90. The fourth-order valence-electron chi connectivity index (χ4n) is 2.25. The highest BCUT2D eigenvalue weighted by Crippen LogP contribution is 2.23. The molecule has 1 N–H and O–H groups in total. The molecule has 1 aromatic rings. The SMILES string of the molecule is O=[N+]([O-])c1ccc(CNCC2CC=CCC2)c(Br)c1. The number of nitrogens with one attached hydrogen (secondary N) is 1. The normalized spacial score (nSPS) is 18.5. The summed E-state index contributed by atoms with van der Waals surface area (Å²) >= 11 is 3.39. The molecule has 1 aliphatic carbocycles. The van der Waals surface area contributed by atoms with Crippen molar-refractivity contribution >= 4 is 21.6 Å². The summed E-state index contributed by atoms with van der Waals surface area (Å²) in [7, 11) is 0. The Hall–Kier alpha value is -1.20. The zero-order valence-electron chi connectivity index (χ0n) is 10.6. The van der Waals surface area contributed by atoms with Crippen LogP contribution in [0.2, 0.25) is 0 Å². The van der Waals surface area contributed by atoms with E-state index in [2.05, 4.69) is 33.4 Å². The van der Waals surface area contributed by atoms with Crippen LogP contribution in [-0.2, 0) is 6.54 Å². The zero-order valence-corrected chi connectivity index (χ0v) is 12.2. The molecule has 0 radical (unpaired) electrons. The molecule has 102 valence electrons. The summed E-state index contributed by atoms with van der Waals surface area (Å²) < 4.78 is 0.790. The smallest absolute Gasteiger partial charge is 0.270 e. The molecule has 2 rings (SSSR count). The van der Waals surface area contributed by atoms with Crippen LogP contribution < -0.4 is 5.32 Å². The van der Waals surface area contributed by atoms with Gasteiger partial charge in [0.1, 0.15) is 0 Å². The van der Waals surface area contributed by atoms with Crippen LogP contribution in [0.3, 0.4) is 0 Å². The molecular formula is C14H17BrN2O2. The van der Waals surface area contributed by atoms with Crippen molar-refractivity contribution in [3.8, 4) is 0 Å². The third-order valence-corrected chi connectivity index (χ3v) is 4.11. The minimum atomic E-state index is -0.379. The van der Waals surface area contributed by atoms with Crippen LogP contribution in [0.1, 0.15) is 24.8 Å². The van der Waals surface area contributed by atoms with E-state index in [1.807, 2.05) is 0 Å². The molecular weight excluding hydrogens is 308 g/mol. The summed E-state index contributed by atoms with van der Waals surface area (Å²) in [5.41, 5.74) is 1.17. The standard InChI is InChI=1S/C14H17BrN2O2/c15-14-8-13(17(18)19)7-6-12(14)10-16-9-11-4-2-1-3-5-11/h1-2,6-8,11,16H,3-5,9-10H2. The molecule has 1 aromatic carbocycles. The highest BCUT2D eigenvalue weighted by Gasteiger charge is 2.11. The fourth-order valence-corrected chi connectivity index (χ4v) is 2.75. The number of rotatable bonds is 5. The molecule has 0 fully saturated rings. The average molecular weight is 325 g/mol. The van der Waals surface area contributed by atoms with E-state index in [1.165, 1.54) is 12.8 Å². The Bertz CT molecular complexity index is 488. The van der Waals surface area contributed by atoms with E-state index >= 15 is 0 Å². The number of hydrogen-bond acceptors (Lipinski definition) is 3. The van der Waals surface area contributed by atoms with E-state index < -0.39 is 0 Å². The van der Waals surface area contributed by atoms with Crippen LogP contribution in [0, 0.1) is 16.0 Å². The second kappa shape index (κ2) is 6.82. The number of halogens is 1. The number of allylic oxidation sites excluding steroid dienone is 2. The first-order valence-corrected chi connectivity index (χ1v) is 7.24. The molecule has 0 spiro atoms. The van der Waals surface area contributed by atoms with Crippen LogP contribution in [-0.4, -0.2) is 11.5 Å². The van der Waals surface area contributed by atoms with Gasteiger partial charge in [-0.3, -0.25) is 10.1 Å². The summed E-state index contributed by atoms with van der Waals surface area (Å²) in [6.45, 7) is 1.73. The predicted molar refractivity (Wildman–Crippen MR) is 79.0 cm³/mol. The van der Waals surface area contributed by atoms with Crippen LogP contribution in [0.4, 0.5) is 5.69 Å². The number of benzene rings is 1. The first-order chi connectivity index (χ1) is 9.16. The number of nitrogens with zero attached hydrogens (tertiary/aromatic N) is 1. The van der Waals surface area contributed by atoms with Crippen molar-refractivity contribution in [3.05, 3.63) is 50.5 Å². The van der Waals surface area contributed by atoms with Gasteiger partial charge in [-0.1, -0.05) is 28.1 Å². The van der Waals surface area contributed by atoms with Crippen LogP contribution in [0.15, 0.2) is 34.8 Å². The Morgan fingerprint density at radius 3 is 2.89 bits per heavy atom. The van der Waals surface area contributed by atoms with Crippen molar-refractivity contribution < 1.29 is 4.92 Å². The molecule has 1 unspecified atom stereocenters. The molecule has 4 nitrogen and oxygen atoms in total. The van der Waals surface area contributed by atoms with E-state index in [0.29, 0.717) is 5.92 Å². The third-order valence-electron chi connectivity index (χ3n) is 3.37. The summed E-state index contributed by atoms with van der Waals surface area (Å²) in [5.74, 6) is 0.710. The first-order valence-electron chi connectivity index (χ1n) is 6.45. The quantitative estimate of drug-likeness (QED) is 0.509. The topological polar surface area (TPSA) is 55.2 Å². The van der Waals surface area contributed by atoms with Gasteiger partial charge in [0, 0.05) is 23.2 Å². The monoisotopic (exact) mass is 324 g/mol. The molecule has 5 heteroatoms. The second-order valence-corrected chi connectivity index (χ2v) is 5.67. The molecule has 1 atom stereocenters. The molecule has 0 aromatic heterocycles. The third kappa shape index (κ3) is 4.14. The first kappa shape index (κ1) is 14.2. The minimum absolute atomic E-state index is 0.119. The molecule has 0 bridgehead atoms. The lowest BCUT2D eigenvalue weighted by molar-refractivity contribution is -0.384. The van der Waals surface area contributed by atoms with E-state index in [-0.39, 0.29) is 10.6 Å². The van der Waals surface area contributed by atoms with Gasteiger partial charge in [-0.25, -0.2) is 0 Å². The Morgan fingerprint density at radius 2 is 2.26 bits per heavy atom. The van der Waals surface area contributed by atoms with Gasteiger partial charge in [0.15, 0.2) is 0 Å². The lowest BCUT2D eigenvalue weighted by atomic mass is 9.94. The van der Waals surface area contributed by atoms with E-state index in [0.717, 1.165) is 29.5 Å². The maximum absolute atomic E-state index is 10.6. The van der Waals surface area contributed by atoms with Crippen molar-refractivity contribution in [2.24, 2.45) is 5.92 Å². The second-order valence-electron chi connectivity index (χ2n) is 4.81. The van der Waals surface area contributed by atoms with Gasteiger partial charge in [-0.15, -0.1) is 0 Å². The lowest BCUT2D eigenvalue weighted by Crippen LogP contribution is -2.23. The van der Waals surface area contributed by atoms with Gasteiger partial charge in [-0.2, -0.15) is 0 Å². The van der Waals surface area contributed by atoms with Gasteiger partial charge < -0.3 is 5.32 Å². The summed E-state index contributed by atoms with van der Waals surface area (Å²) in [4.78, 5) is 10.3. The minimum Gasteiger partial charge on any atom is -0.312 e. The number of hydrogen-bond donors (Lipinski definition) is 1. The maximum atomic E-state index is 10.6. The van der Waals surface area contributed by atoms with Crippen molar-refractivity contribution in [2.45, 2.75) is 25.8 Å². The highest BCUT2D eigenvalue weighted by molar-refractivity contribution is 9.10. The maximum Gasteiger partial charge on any atom is 0.270 e. The molecule has 0 heterocycles. The molecule has 1 aliphatic rings. The highest BCUT2D eigenvalue weighted by atomic mass is 79.9. The molecule has 0 saturated heterocycles. The van der Waals surface area contributed by atoms with E-state index in [1.54, 1.807) is 18.2 Å². The number of non-ortho nitro benzene ring substituents is 1. The number of nitro groups is 1. The van der Waals surface area contributed by atoms with Gasteiger partial charge >= 0.3 is 0 Å². The van der Waals surface area contributed by atoms with E-state index in [4.69, 9.17) is 0 Å². The van der Waals surface area contributed by atoms with E-state index in [9.17, 15) is 10.1 Å². The molecule has 0 saturated carbocycles. The predicted octanol–water partition coefficient (Wildman–Crippen LogP) is 3.80. The zero-order chi connectivity index (χ0) is 13.7. The van der Waals surface area contributed by atoms with Crippen molar-refractivity contribution in [3.63, 3.8) is 0 Å². The fraction of sp³-hybridized carbons (Fsp3) is 0.429. The van der Waals surface area contributed by atoms with Crippen molar-refractivity contribution in [1.82, 2.24) is 5.32 Å². The summed E-state index contributed by atoms with van der Waals surface area (Å²) in [6.07, 6.45) is 8.05. The van der Waals surface area contributed by atoms with Crippen molar-refractivity contribution in [2.75, 3.05) is 6.54 Å². The van der Waals surface area contributed by atoms with Crippen molar-refractivity contribution in [1.29, 1.82) is 0 Å². The summed E-state index contributed by atoms with van der Waals surface area (Å²) in [5, 5.41) is 14.1. The molecule has 0 amide bonds. The molecule has 0 aliphatic heterocycles. The average Bonchev–Trinajstić information content (AvgIpc) is 2.41. The largest absolute Gasteiger partial charge is 0.312 e.